The summed E-state index contributed by atoms with van der Waals surface area (Å²) < 4.78 is 1.51. The fraction of sp³-hybridized carbons (Fsp3) is 0.394. The Morgan fingerprint density at radius 1 is 0.951 bits per heavy atom. The monoisotopic (exact) mass is 553 g/mol. The van der Waals surface area contributed by atoms with E-state index in [2.05, 4.69) is 18.8 Å². The van der Waals surface area contributed by atoms with E-state index in [0.29, 0.717) is 42.0 Å². The lowest BCUT2D eigenvalue weighted by Gasteiger charge is -2.27. The van der Waals surface area contributed by atoms with E-state index in [1.54, 1.807) is 6.20 Å². The summed E-state index contributed by atoms with van der Waals surface area (Å²) in [6.07, 6.45) is 8.94. The molecule has 0 unspecified atom stereocenters. The summed E-state index contributed by atoms with van der Waals surface area (Å²) in [6, 6.07) is 13.6. The minimum Gasteiger partial charge on any atom is -0.387 e. The molecule has 2 aromatic carbocycles. The number of amides is 2. The van der Waals surface area contributed by atoms with Crippen LogP contribution in [0.2, 0.25) is 0 Å². The Hall–Kier alpha value is -4.20. The normalized spacial score (nSPS) is 15.1. The molecule has 0 bridgehead atoms. The number of rotatable bonds is 8. The van der Waals surface area contributed by atoms with E-state index >= 15 is 0 Å². The van der Waals surface area contributed by atoms with E-state index in [9.17, 15) is 14.4 Å². The van der Waals surface area contributed by atoms with Gasteiger partial charge in [-0.05, 0) is 79.0 Å². The van der Waals surface area contributed by atoms with Gasteiger partial charge in [-0.3, -0.25) is 14.4 Å². The number of nitrogens with two attached hydrogens (primary N) is 1. The van der Waals surface area contributed by atoms with Gasteiger partial charge in [-0.1, -0.05) is 32.0 Å². The van der Waals surface area contributed by atoms with Crippen molar-refractivity contribution in [3.8, 4) is 11.1 Å². The number of hydrogen-bond donors (Lipinski definition) is 1. The molecule has 2 N–H and O–H groups in total. The molecule has 1 fully saturated rings. The number of likely N-dealkylation sites (tertiary alicyclic amines) is 1. The first kappa shape index (κ1) is 28.3. The van der Waals surface area contributed by atoms with E-state index in [-0.39, 0.29) is 23.9 Å². The SMILES string of the molecule is CCCN(CCC)C(=O)C1=Cc2ccc(-c3ccc4c(=O)n(CC(=O)N5CCCCC5)ccc4c3)cc2N=C(N)C1. The molecule has 3 heterocycles. The zero-order chi connectivity index (χ0) is 28.9. The second kappa shape index (κ2) is 12.5. The Bertz CT molecular complexity index is 1570. The van der Waals surface area contributed by atoms with Crippen molar-refractivity contribution in [2.24, 2.45) is 10.7 Å². The number of nitrogens with zero attached hydrogens (tertiary/aromatic N) is 4. The fourth-order valence-corrected chi connectivity index (χ4v) is 5.75. The first-order valence-corrected chi connectivity index (χ1v) is 14.8. The molecule has 0 atom stereocenters. The quantitative estimate of drug-likeness (QED) is 0.419. The predicted molar refractivity (Wildman–Crippen MR) is 165 cm³/mol. The highest BCUT2D eigenvalue weighted by molar-refractivity contribution is 6.05. The van der Waals surface area contributed by atoms with Gasteiger partial charge in [-0.15, -0.1) is 0 Å². The number of pyridine rings is 1. The zero-order valence-corrected chi connectivity index (χ0v) is 24.1. The van der Waals surface area contributed by atoms with Crippen LogP contribution in [0, 0.1) is 0 Å². The van der Waals surface area contributed by atoms with Crippen molar-refractivity contribution in [2.45, 2.75) is 58.9 Å². The summed E-state index contributed by atoms with van der Waals surface area (Å²) in [6.45, 7) is 7.18. The lowest BCUT2D eigenvalue weighted by Crippen LogP contribution is -2.39. The molecule has 2 amide bonds. The molecule has 41 heavy (non-hydrogen) atoms. The van der Waals surface area contributed by atoms with Crippen LogP contribution in [-0.2, 0) is 16.1 Å². The first-order valence-electron chi connectivity index (χ1n) is 14.8. The molecule has 2 aliphatic heterocycles. The molecule has 0 saturated carbocycles. The summed E-state index contributed by atoms with van der Waals surface area (Å²) in [5, 5.41) is 1.39. The maximum Gasteiger partial charge on any atom is 0.258 e. The zero-order valence-electron chi connectivity index (χ0n) is 24.1. The van der Waals surface area contributed by atoms with Gasteiger partial charge in [0.05, 0.1) is 5.69 Å². The summed E-state index contributed by atoms with van der Waals surface area (Å²) in [5.74, 6) is 0.420. The Balaban J connectivity index is 1.41. The van der Waals surface area contributed by atoms with Crippen molar-refractivity contribution in [2.75, 3.05) is 26.2 Å². The van der Waals surface area contributed by atoms with Crippen molar-refractivity contribution < 1.29 is 9.59 Å². The number of benzene rings is 2. The molecule has 8 heteroatoms. The van der Waals surface area contributed by atoms with Crippen molar-refractivity contribution in [1.29, 1.82) is 0 Å². The number of amidine groups is 1. The van der Waals surface area contributed by atoms with E-state index < -0.39 is 0 Å². The minimum absolute atomic E-state index is 0.00471. The summed E-state index contributed by atoms with van der Waals surface area (Å²) in [4.78, 5) is 47.6. The van der Waals surface area contributed by atoms with Gasteiger partial charge in [0.25, 0.3) is 5.56 Å². The van der Waals surface area contributed by atoms with Gasteiger partial charge in [-0.2, -0.15) is 0 Å². The van der Waals surface area contributed by atoms with E-state index in [4.69, 9.17) is 5.73 Å². The van der Waals surface area contributed by atoms with Crippen LogP contribution in [0.25, 0.3) is 28.0 Å². The van der Waals surface area contributed by atoms with Gasteiger partial charge in [0.2, 0.25) is 11.8 Å². The van der Waals surface area contributed by atoms with Crippen LogP contribution in [0.15, 0.2) is 64.0 Å². The van der Waals surface area contributed by atoms with Crippen LogP contribution in [0.5, 0.6) is 0 Å². The molecule has 2 aliphatic rings. The molecule has 5 rings (SSSR count). The second-order valence-corrected chi connectivity index (χ2v) is 11.0. The number of aromatic nitrogens is 1. The fourth-order valence-electron chi connectivity index (χ4n) is 5.75. The Labute approximate surface area is 241 Å². The Kier molecular flexibility index (Phi) is 8.67. The molecular formula is C33H39N5O3. The third kappa shape index (κ3) is 6.26. The third-order valence-electron chi connectivity index (χ3n) is 7.87. The van der Waals surface area contributed by atoms with Crippen molar-refractivity contribution >= 4 is 40.2 Å². The van der Waals surface area contributed by atoms with Gasteiger partial charge < -0.3 is 20.1 Å². The van der Waals surface area contributed by atoms with Gasteiger partial charge >= 0.3 is 0 Å². The molecule has 1 aromatic heterocycles. The predicted octanol–water partition coefficient (Wildman–Crippen LogP) is 5.11. The van der Waals surface area contributed by atoms with Gasteiger partial charge in [0.1, 0.15) is 12.4 Å². The maximum absolute atomic E-state index is 13.3. The topological polar surface area (TPSA) is 101 Å². The highest BCUT2D eigenvalue weighted by atomic mass is 16.2. The number of fused-ring (bicyclic) bond motifs is 2. The van der Waals surface area contributed by atoms with Crippen LogP contribution < -0.4 is 11.3 Å². The van der Waals surface area contributed by atoms with E-state index in [1.165, 1.54) is 4.57 Å². The third-order valence-corrected chi connectivity index (χ3v) is 7.87. The highest BCUT2D eigenvalue weighted by Crippen LogP contribution is 2.33. The first-order chi connectivity index (χ1) is 19.9. The van der Waals surface area contributed by atoms with Crippen LogP contribution in [0.3, 0.4) is 0 Å². The lowest BCUT2D eigenvalue weighted by molar-refractivity contribution is -0.132. The summed E-state index contributed by atoms with van der Waals surface area (Å²) in [7, 11) is 0. The lowest BCUT2D eigenvalue weighted by atomic mass is 9.99. The highest BCUT2D eigenvalue weighted by Gasteiger charge is 2.21. The molecule has 0 spiro atoms. The molecule has 0 radical (unpaired) electrons. The van der Waals surface area contributed by atoms with Gasteiger partial charge in [0.15, 0.2) is 0 Å². The van der Waals surface area contributed by atoms with Crippen molar-refractivity contribution in [3.05, 3.63) is 70.2 Å². The van der Waals surface area contributed by atoms with Gasteiger partial charge in [-0.25, -0.2) is 4.99 Å². The molecule has 1 saturated heterocycles. The van der Waals surface area contributed by atoms with Crippen LogP contribution in [0.4, 0.5) is 5.69 Å². The molecule has 8 nitrogen and oxygen atoms in total. The smallest absolute Gasteiger partial charge is 0.258 e. The number of carbonyl (C=O) groups excluding carboxylic acids is 2. The Morgan fingerprint density at radius 3 is 2.39 bits per heavy atom. The van der Waals surface area contributed by atoms with E-state index in [0.717, 1.165) is 67.3 Å². The second-order valence-electron chi connectivity index (χ2n) is 11.0. The van der Waals surface area contributed by atoms with E-state index in [1.807, 2.05) is 58.3 Å². The largest absolute Gasteiger partial charge is 0.387 e. The minimum atomic E-state index is -0.166. The van der Waals surface area contributed by atoms with Crippen LogP contribution >= 0.6 is 0 Å². The molecule has 0 aliphatic carbocycles. The van der Waals surface area contributed by atoms with Crippen molar-refractivity contribution in [1.82, 2.24) is 14.4 Å². The molecule has 214 valence electrons. The summed E-state index contributed by atoms with van der Waals surface area (Å²) >= 11 is 0. The average molecular weight is 554 g/mol. The maximum atomic E-state index is 13.3. The average Bonchev–Trinajstić information content (AvgIpc) is 3.15. The number of piperidine rings is 1. The van der Waals surface area contributed by atoms with Crippen LogP contribution in [0.1, 0.15) is 57.9 Å². The number of hydrogen-bond acceptors (Lipinski definition) is 5. The number of aliphatic imine (C=N–C) groups is 1. The van der Waals surface area contributed by atoms with Gasteiger partial charge in [0, 0.05) is 55.3 Å². The van der Waals surface area contributed by atoms with Crippen LogP contribution in [-0.4, -0.2) is 58.2 Å². The number of carbonyl (C=O) groups is 2. The standard InChI is InChI=1S/C33H39N5O3/c1-3-13-37(14-4-2)32(40)27-19-26-9-8-24(20-29(26)35-30(34)21-27)23-10-11-28-25(18-23)12-17-38(33(28)41)22-31(39)36-15-6-5-7-16-36/h8-12,17-20H,3-7,13-16,21-22H2,1-2H3,(H2,34,35). The molecular weight excluding hydrogens is 514 g/mol. The Morgan fingerprint density at radius 2 is 1.66 bits per heavy atom. The van der Waals surface area contributed by atoms with Crippen molar-refractivity contribution in [3.63, 3.8) is 0 Å². The summed E-state index contributed by atoms with van der Waals surface area (Å²) in [5.41, 5.74) is 10.2. The molecule has 3 aromatic rings.